The number of aliphatic hydroxyl groups is 1. The Balaban J connectivity index is 2.05. The molecule has 0 aromatic carbocycles. The van der Waals surface area contributed by atoms with Gasteiger partial charge in [0.2, 0.25) is 0 Å². The lowest BCUT2D eigenvalue weighted by atomic mass is 10.2. The van der Waals surface area contributed by atoms with E-state index >= 15 is 0 Å². The fourth-order valence-electron chi connectivity index (χ4n) is 2.21. The standard InChI is InChI=1S/C12H17N5O6/c1-6-5-17(12(21)14-10(6)19)9-3-7(18)8(23-9)4-13-11(20)16(2)15-22/h5,7-9,18H,3-4H2,1-2H3,(H,13,20)(H,14,19,21)/t7?,8-,9-/m1/s1. The van der Waals surface area contributed by atoms with Gasteiger partial charge in [-0.15, -0.1) is 4.91 Å². The third-order valence-corrected chi connectivity index (χ3v) is 3.53. The maximum atomic E-state index is 11.8. The topological polar surface area (TPSA) is 146 Å². The van der Waals surface area contributed by atoms with E-state index in [0.717, 1.165) is 0 Å². The highest BCUT2D eigenvalue weighted by molar-refractivity contribution is 5.73. The van der Waals surface area contributed by atoms with Crippen LogP contribution in [0.15, 0.2) is 21.1 Å². The molecule has 2 heterocycles. The molecule has 11 nitrogen and oxygen atoms in total. The van der Waals surface area contributed by atoms with E-state index in [1.165, 1.54) is 17.8 Å². The summed E-state index contributed by atoms with van der Waals surface area (Å²) in [5.74, 6) is 0. The van der Waals surface area contributed by atoms with Gasteiger partial charge in [0.1, 0.15) is 12.3 Å². The lowest BCUT2D eigenvalue weighted by molar-refractivity contribution is -0.0183. The molecule has 11 heteroatoms. The highest BCUT2D eigenvalue weighted by Gasteiger charge is 2.35. The summed E-state index contributed by atoms with van der Waals surface area (Å²) in [6, 6.07) is -0.740. The smallest absolute Gasteiger partial charge is 0.340 e. The number of aryl methyl sites for hydroxylation is 1. The summed E-state index contributed by atoms with van der Waals surface area (Å²) in [5, 5.41) is 15.4. The second kappa shape index (κ2) is 6.71. The van der Waals surface area contributed by atoms with E-state index in [1.807, 2.05) is 0 Å². The second-order valence-corrected chi connectivity index (χ2v) is 5.20. The van der Waals surface area contributed by atoms with Crippen LogP contribution in [0.3, 0.4) is 0 Å². The van der Waals surface area contributed by atoms with Gasteiger partial charge in [-0.2, -0.15) is 5.01 Å². The van der Waals surface area contributed by atoms with Crippen molar-refractivity contribution < 1.29 is 14.6 Å². The van der Waals surface area contributed by atoms with Gasteiger partial charge >= 0.3 is 11.7 Å². The van der Waals surface area contributed by atoms with Crippen LogP contribution in [0, 0.1) is 11.8 Å². The van der Waals surface area contributed by atoms with Crippen LogP contribution in [-0.2, 0) is 4.74 Å². The van der Waals surface area contributed by atoms with Crippen molar-refractivity contribution in [1.29, 1.82) is 0 Å². The van der Waals surface area contributed by atoms with Crippen LogP contribution in [0.5, 0.6) is 0 Å². The number of amides is 2. The molecular weight excluding hydrogens is 310 g/mol. The number of nitrogens with one attached hydrogen (secondary N) is 2. The molecule has 1 aromatic heterocycles. The Morgan fingerprint density at radius 2 is 2.30 bits per heavy atom. The van der Waals surface area contributed by atoms with Gasteiger partial charge in [-0.25, -0.2) is 9.59 Å². The number of hydrogen-bond acceptors (Lipinski definition) is 7. The molecule has 1 aliphatic rings. The summed E-state index contributed by atoms with van der Waals surface area (Å²) in [6.07, 6.45) is -0.981. The number of ether oxygens (including phenoxy) is 1. The van der Waals surface area contributed by atoms with Gasteiger partial charge in [-0.1, -0.05) is 0 Å². The first-order valence-electron chi connectivity index (χ1n) is 6.84. The molecule has 2 rings (SSSR count). The van der Waals surface area contributed by atoms with Crippen LogP contribution >= 0.6 is 0 Å². The van der Waals surface area contributed by atoms with E-state index in [1.54, 1.807) is 6.92 Å². The number of H-pyrrole nitrogens is 1. The average Bonchev–Trinajstić information content (AvgIpc) is 2.88. The Labute approximate surface area is 129 Å². The lowest BCUT2D eigenvalue weighted by Crippen LogP contribution is -2.41. The average molecular weight is 327 g/mol. The van der Waals surface area contributed by atoms with Crippen molar-refractivity contribution >= 4 is 6.03 Å². The molecule has 3 atom stereocenters. The molecule has 23 heavy (non-hydrogen) atoms. The second-order valence-electron chi connectivity index (χ2n) is 5.20. The molecular formula is C12H17N5O6. The minimum Gasteiger partial charge on any atom is -0.390 e. The molecule has 2 amide bonds. The molecule has 0 spiro atoms. The molecule has 1 fully saturated rings. The number of nitrogens with zero attached hydrogens (tertiary/aromatic N) is 3. The number of aromatic nitrogens is 2. The fourth-order valence-corrected chi connectivity index (χ4v) is 2.21. The first-order chi connectivity index (χ1) is 10.8. The Bertz CT molecular complexity index is 713. The van der Waals surface area contributed by atoms with Crippen LogP contribution < -0.4 is 16.6 Å². The van der Waals surface area contributed by atoms with Crippen molar-refractivity contribution in [3.8, 4) is 0 Å². The van der Waals surface area contributed by atoms with Crippen LogP contribution in [0.1, 0.15) is 18.2 Å². The van der Waals surface area contributed by atoms with Gasteiger partial charge in [0, 0.05) is 31.8 Å². The molecule has 0 radical (unpaired) electrons. The SMILES string of the molecule is Cc1cn([C@H]2CC(O)[C@@H](CNC(=O)N(C)N=O)O2)c(=O)[nH]c1=O. The number of urea groups is 1. The summed E-state index contributed by atoms with van der Waals surface area (Å²) in [4.78, 5) is 46.9. The molecule has 3 N–H and O–H groups in total. The predicted octanol–water partition coefficient (Wildman–Crippen LogP) is -1.18. The Hall–Kier alpha value is -2.53. The number of rotatable bonds is 4. The molecule has 126 valence electrons. The zero-order chi connectivity index (χ0) is 17.1. The lowest BCUT2D eigenvalue weighted by Gasteiger charge is -2.17. The number of aliphatic hydroxyl groups excluding tert-OH is 1. The number of carbonyl (C=O) groups excluding carboxylic acids is 1. The number of hydrogen-bond donors (Lipinski definition) is 3. The van der Waals surface area contributed by atoms with Gasteiger partial charge in [-0.3, -0.25) is 14.3 Å². The summed E-state index contributed by atoms with van der Waals surface area (Å²) < 4.78 is 6.73. The first kappa shape index (κ1) is 16.8. The predicted molar refractivity (Wildman–Crippen MR) is 77.6 cm³/mol. The Morgan fingerprint density at radius 1 is 1.61 bits per heavy atom. The normalized spacial score (nSPS) is 23.5. The van der Waals surface area contributed by atoms with Crippen LogP contribution in [0.2, 0.25) is 0 Å². The molecule has 0 saturated carbocycles. The Morgan fingerprint density at radius 3 is 2.96 bits per heavy atom. The van der Waals surface area contributed by atoms with Gasteiger partial charge in [0.15, 0.2) is 0 Å². The van der Waals surface area contributed by atoms with Gasteiger partial charge in [0.05, 0.1) is 11.4 Å². The van der Waals surface area contributed by atoms with E-state index in [9.17, 15) is 24.4 Å². The molecule has 1 aromatic rings. The van der Waals surface area contributed by atoms with Crippen LogP contribution in [0.4, 0.5) is 4.79 Å². The van der Waals surface area contributed by atoms with E-state index in [4.69, 9.17) is 4.74 Å². The van der Waals surface area contributed by atoms with Crippen LogP contribution in [0.25, 0.3) is 0 Å². The van der Waals surface area contributed by atoms with E-state index in [-0.39, 0.29) is 13.0 Å². The van der Waals surface area contributed by atoms with Crippen LogP contribution in [-0.4, -0.2) is 51.5 Å². The number of aromatic amines is 1. The largest absolute Gasteiger partial charge is 0.390 e. The van der Waals surface area contributed by atoms with Gasteiger partial charge in [0.25, 0.3) is 5.56 Å². The highest BCUT2D eigenvalue weighted by Crippen LogP contribution is 2.27. The maximum absolute atomic E-state index is 11.8. The van der Waals surface area contributed by atoms with Gasteiger partial charge < -0.3 is 15.2 Å². The summed E-state index contributed by atoms with van der Waals surface area (Å²) in [5.41, 5.74) is -0.802. The monoisotopic (exact) mass is 327 g/mol. The van der Waals surface area contributed by atoms with E-state index in [0.29, 0.717) is 10.6 Å². The summed E-state index contributed by atoms with van der Waals surface area (Å²) in [6.45, 7) is 1.48. The van der Waals surface area contributed by atoms with Crippen molar-refractivity contribution in [2.45, 2.75) is 31.8 Å². The number of nitroso groups, excluding NO2 is 1. The fraction of sp³-hybridized carbons (Fsp3) is 0.583. The maximum Gasteiger partial charge on any atom is 0.340 e. The van der Waals surface area contributed by atoms with Crippen molar-refractivity contribution in [3.05, 3.63) is 37.5 Å². The van der Waals surface area contributed by atoms with Gasteiger partial charge in [-0.05, 0) is 6.92 Å². The van der Waals surface area contributed by atoms with E-state index < -0.39 is 35.7 Å². The molecule has 1 unspecified atom stereocenters. The molecule has 0 bridgehead atoms. The van der Waals surface area contributed by atoms with Crippen molar-refractivity contribution in [2.24, 2.45) is 5.29 Å². The van der Waals surface area contributed by atoms with Crippen molar-refractivity contribution in [3.63, 3.8) is 0 Å². The summed E-state index contributed by atoms with van der Waals surface area (Å²) >= 11 is 0. The first-order valence-corrected chi connectivity index (χ1v) is 6.84. The zero-order valence-corrected chi connectivity index (χ0v) is 12.6. The van der Waals surface area contributed by atoms with E-state index in [2.05, 4.69) is 15.6 Å². The van der Waals surface area contributed by atoms with Crippen molar-refractivity contribution in [2.75, 3.05) is 13.6 Å². The van der Waals surface area contributed by atoms with Crippen molar-refractivity contribution in [1.82, 2.24) is 19.9 Å². The quantitative estimate of drug-likeness (QED) is 0.468. The highest BCUT2D eigenvalue weighted by atomic mass is 16.5. The molecule has 1 aliphatic heterocycles. The minimum absolute atomic E-state index is 0.0621. The third-order valence-electron chi connectivity index (χ3n) is 3.53. The molecule has 1 saturated heterocycles. The minimum atomic E-state index is -0.922. The summed E-state index contributed by atoms with van der Waals surface area (Å²) in [7, 11) is 1.18. The third kappa shape index (κ3) is 3.63. The molecule has 0 aliphatic carbocycles. The Kier molecular flexibility index (Phi) is 4.91. The number of carbonyl (C=O) groups is 1. The zero-order valence-electron chi connectivity index (χ0n) is 12.6.